The summed E-state index contributed by atoms with van der Waals surface area (Å²) in [6, 6.07) is 5.07. The van der Waals surface area contributed by atoms with E-state index in [1.54, 1.807) is 18.2 Å². The Kier molecular flexibility index (Phi) is 5.38. The number of rotatable bonds is 1. The summed E-state index contributed by atoms with van der Waals surface area (Å²) in [7, 11) is -1.48. The summed E-state index contributed by atoms with van der Waals surface area (Å²) >= 11 is 5.70. The Morgan fingerprint density at radius 3 is 2.31 bits per heavy atom. The highest BCUT2D eigenvalue weighted by atomic mass is 35.5. The lowest BCUT2D eigenvalue weighted by Gasteiger charge is -2.02. The predicted molar refractivity (Wildman–Crippen MR) is 53.1 cm³/mol. The van der Waals surface area contributed by atoms with E-state index in [-0.39, 0.29) is 0 Å². The first-order chi connectivity index (χ1) is 6.11. The van der Waals surface area contributed by atoms with Gasteiger partial charge in [0.25, 0.3) is 0 Å². The van der Waals surface area contributed by atoms with Crippen LogP contribution in [-0.4, -0.2) is 24.0 Å². The Balaban J connectivity index is 0.000000671. The third-order valence-corrected chi connectivity index (χ3v) is 1.76. The maximum absolute atomic E-state index is 8.77. The Labute approximate surface area is 82.1 Å². The molecule has 0 saturated heterocycles. The summed E-state index contributed by atoms with van der Waals surface area (Å²) in [5.74, 6) is 0. The molecule has 0 aliphatic carbocycles. The normalized spacial score (nSPS) is 8.62. The van der Waals surface area contributed by atoms with Crippen molar-refractivity contribution in [2.75, 3.05) is 0 Å². The molecule has 0 unspecified atom stereocenters. The summed E-state index contributed by atoms with van der Waals surface area (Å²) in [6.07, 6.45) is 0. The van der Waals surface area contributed by atoms with Crippen LogP contribution in [0.25, 0.3) is 0 Å². The highest BCUT2D eigenvalue weighted by Crippen LogP contribution is 2.07. The molecule has 1 aromatic rings. The summed E-state index contributed by atoms with van der Waals surface area (Å²) < 4.78 is 0. The molecule has 0 bridgehead atoms. The molecule has 70 valence electrons. The topological polar surface area (TPSA) is 57.5 Å². The Morgan fingerprint density at radius 1 is 1.38 bits per heavy atom. The number of hydrogen-bond donors (Lipinski definition) is 2. The van der Waals surface area contributed by atoms with Crippen LogP contribution in [0.2, 0.25) is 5.02 Å². The van der Waals surface area contributed by atoms with Crippen molar-refractivity contribution in [1.29, 1.82) is 0 Å². The van der Waals surface area contributed by atoms with Gasteiger partial charge in [0.1, 0.15) is 6.79 Å². The Morgan fingerprint density at radius 2 is 1.92 bits per heavy atom. The molecular formula is C8H10BClO3. The lowest BCUT2D eigenvalue weighted by molar-refractivity contribution is -0.0979. The molecule has 0 heterocycles. The summed E-state index contributed by atoms with van der Waals surface area (Å²) in [6.45, 7) is 3.89. The van der Waals surface area contributed by atoms with Crippen LogP contribution in [0.4, 0.5) is 0 Å². The minimum Gasteiger partial charge on any atom is -0.423 e. The molecular weight excluding hydrogens is 190 g/mol. The molecule has 0 spiro atoms. The van der Waals surface area contributed by atoms with E-state index in [4.69, 9.17) is 26.4 Å². The zero-order chi connectivity index (χ0) is 10.4. The van der Waals surface area contributed by atoms with E-state index in [0.717, 1.165) is 5.56 Å². The fraction of sp³-hybridized carbons (Fsp3) is 0.125. The van der Waals surface area contributed by atoms with Gasteiger partial charge in [-0.05, 0) is 18.6 Å². The average Bonchev–Trinajstić information content (AvgIpc) is 2.07. The first kappa shape index (κ1) is 12.2. The lowest BCUT2D eigenvalue weighted by atomic mass is 9.80. The van der Waals surface area contributed by atoms with Gasteiger partial charge in [0, 0.05) is 10.5 Å². The molecule has 13 heavy (non-hydrogen) atoms. The van der Waals surface area contributed by atoms with Crippen molar-refractivity contribution < 1.29 is 14.8 Å². The van der Waals surface area contributed by atoms with Crippen molar-refractivity contribution in [3.05, 3.63) is 28.8 Å². The number of aryl methyl sites for hydroxylation is 1. The first-order valence-corrected chi connectivity index (χ1v) is 3.90. The molecule has 0 aliphatic rings. The van der Waals surface area contributed by atoms with E-state index in [2.05, 4.69) is 0 Å². The van der Waals surface area contributed by atoms with Gasteiger partial charge in [-0.25, -0.2) is 0 Å². The minimum absolute atomic E-state index is 0.345. The zero-order valence-corrected chi connectivity index (χ0v) is 7.95. The standard InChI is InChI=1S/C7H8BClO2.CH2O/c1-5-2-3-6(8(10)11)7(9)4-5;1-2/h2-4,10-11H,1H3;1H2. The maximum atomic E-state index is 8.77. The van der Waals surface area contributed by atoms with E-state index in [1.165, 1.54) is 0 Å². The van der Waals surface area contributed by atoms with Crippen LogP contribution < -0.4 is 5.46 Å². The van der Waals surface area contributed by atoms with Crippen LogP contribution in [0, 0.1) is 6.92 Å². The molecule has 0 fully saturated rings. The number of halogens is 1. The van der Waals surface area contributed by atoms with Crippen molar-refractivity contribution in [2.45, 2.75) is 6.92 Å². The number of benzene rings is 1. The van der Waals surface area contributed by atoms with Gasteiger partial charge in [0.05, 0.1) is 0 Å². The second-order valence-corrected chi connectivity index (χ2v) is 2.81. The number of carbonyl (C=O) groups is 1. The highest BCUT2D eigenvalue weighted by molar-refractivity contribution is 6.62. The Bertz CT molecular complexity index is 278. The van der Waals surface area contributed by atoms with E-state index >= 15 is 0 Å². The molecule has 0 atom stereocenters. The smallest absolute Gasteiger partial charge is 0.423 e. The van der Waals surface area contributed by atoms with Crippen LogP contribution >= 0.6 is 11.6 Å². The largest absolute Gasteiger partial charge is 0.489 e. The SMILES string of the molecule is C=O.Cc1ccc(B(O)O)c(Cl)c1. The second-order valence-electron chi connectivity index (χ2n) is 2.40. The van der Waals surface area contributed by atoms with E-state index < -0.39 is 7.12 Å². The predicted octanol–water partition coefficient (Wildman–Crippen LogP) is 0.143. The van der Waals surface area contributed by atoms with Gasteiger partial charge < -0.3 is 14.8 Å². The minimum atomic E-state index is -1.48. The quantitative estimate of drug-likeness (QED) is 0.634. The molecule has 0 amide bonds. The van der Waals surface area contributed by atoms with Gasteiger partial charge in [0.2, 0.25) is 0 Å². The maximum Gasteiger partial charge on any atom is 0.489 e. The lowest BCUT2D eigenvalue weighted by Crippen LogP contribution is -2.30. The third kappa shape index (κ3) is 3.59. The molecule has 0 radical (unpaired) electrons. The molecule has 1 aromatic carbocycles. The highest BCUT2D eigenvalue weighted by Gasteiger charge is 2.13. The number of carbonyl (C=O) groups excluding carboxylic acids is 1. The van der Waals surface area contributed by atoms with E-state index in [9.17, 15) is 0 Å². The van der Waals surface area contributed by atoms with Gasteiger partial charge >= 0.3 is 7.12 Å². The van der Waals surface area contributed by atoms with Crippen molar-refractivity contribution >= 4 is 31.0 Å². The van der Waals surface area contributed by atoms with Crippen molar-refractivity contribution in [1.82, 2.24) is 0 Å². The molecule has 0 aromatic heterocycles. The fourth-order valence-corrected chi connectivity index (χ4v) is 1.17. The zero-order valence-electron chi connectivity index (χ0n) is 7.20. The Hall–Kier alpha value is -0.835. The second kappa shape index (κ2) is 5.75. The van der Waals surface area contributed by atoms with Crippen LogP contribution in [0.15, 0.2) is 18.2 Å². The first-order valence-electron chi connectivity index (χ1n) is 3.52. The van der Waals surface area contributed by atoms with Gasteiger partial charge in [0.15, 0.2) is 0 Å². The van der Waals surface area contributed by atoms with Crippen molar-refractivity contribution in [3.8, 4) is 0 Å². The summed E-state index contributed by atoms with van der Waals surface area (Å²) in [5.41, 5.74) is 1.34. The monoisotopic (exact) mass is 200 g/mol. The number of hydrogen-bond acceptors (Lipinski definition) is 3. The van der Waals surface area contributed by atoms with Crippen LogP contribution in [0.5, 0.6) is 0 Å². The van der Waals surface area contributed by atoms with Crippen molar-refractivity contribution in [2.24, 2.45) is 0 Å². The van der Waals surface area contributed by atoms with E-state index in [0.29, 0.717) is 10.5 Å². The molecule has 5 heteroatoms. The molecule has 2 N–H and O–H groups in total. The molecule has 1 rings (SSSR count). The van der Waals surface area contributed by atoms with Gasteiger partial charge in [-0.2, -0.15) is 0 Å². The fourth-order valence-electron chi connectivity index (χ4n) is 0.842. The van der Waals surface area contributed by atoms with Crippen LogP contribution in [0.3, 0.4) is 0 Å². The summed E-state index contributed by atoms with van der Waals surface area (Å²) in [4.78, 5) is 8.00. The molecule has 0 saturated carbocycles. The van der Waals surface area contributed by atoms with Crippen LogP contribution in [0.1, 0.15) is 5.56 Å². The summed E-state index contributed by atoms with van der Waals surface area (Å²) in [5, 5.41) is 17.9. The van der Waals surface area contributed by atoms with Crippen LogP contribution in [-0.2, 0) is 4.79 Å². The van der Waals surface area contributed by atoms with E-state index in [1.807, 2.05) is 13.7 Å². The van der Waals surface area contributed by atoms with Gasteiger partial charge in [-0.1, -0.05) is 23.7 Å². The van der Waals surface area contributed by atoms with Gasteiger partial charge in [-0.15, -0.1) is 0 Å². The van der Waals surface area contributed by atoms with Crippen molar-refractivity contribution in [3.63, 3.8) is 0 Å². The molecule has 0 aliphatic heterocycles. The third-order valence-electron chi connectivity index (χ3n) is 1.43. The average molecular weight is 200 g/mol. The molecule has 3 nitrogen and oxygen atoms in total. The van der Waals surface area contributed by atoms with Gasteiger partial charge in [-0.3, -0.25) is 0 Å².